The maximum Gasteiger partial charge on any atom is 0.410 e. The third-order valence-corrected chi connectivity index (χ3v) is 9.39. The smallest absolute Gasteiger partial charge is 0.410 e. The van der Waals surface area contributed by atoms with Crippen LogP contribution in [0.5, 0.6) is 0 Å². The number of halogens is 1. The molecule has 3 aliphatic heterocycles. The van der Waals surface area contributed by atoms with Crippen LogP contribution in [0.4, 0.5) is 14.9 Å². The van der Waals surface area contributed by atoms with E-state index in [1.807, 2.05) is 39.8 Å². The molecule has 46 heavy (non-hydrogen) atoms. The molecule has 5 rings (SSSR count). The normalized spacial score (nSPS) is 25.8. The summed E-state index contributed by atoms with van der Waals surface area (Å²) in [5, 5.41) is 10.3. The number of carbonyl (C=O) groups is 3. The van der Waals surface area contributed by atoms with Gasteiger partial charge in [-0.3, -0.25) is 19.4 Å². The molecule has 0 saturated carbocycles. The van der Waals surface area contributed by atoms with Crippen molar-refractivity contribution >= 4 is 23.7 Å². The maximum absolute atomic E-state index is 14.2. The van der Waals surface area contributed by atoms with Gasteiger partial charge in [-0.25, -0.2) is 9.18 Å². The summed E-state index contributed by atoms with van der Waals surface area (Å²) in [5.74, 6) is -1.49. The predicted octanol–water partition coefficient (Wildman–Crippen LogP) is 4.14. The van der Waals surface area contributed by atoms with Crippen molar-refractivity contribution < 1.29 is 33.4 Å². The zero-order valence-corrected chi connectivity index (χ0v) is 27.8. The highest BCUT2D eigenvalue weighted by Gasteiger charge is 2.48. The summed E-state index contributed by atoms with van der Waals surface area (Å²) in [6, 6.07) is 11.7. The van der Waals surface area contributed by atoms with Crippen LogP contribution in [0.1, 0.15) is 58.2 Å². The fourth-order valence-electron chi connectivity index (χ4n) is 6.72. The highest BCUT2D eigenvalue weighted by molar-refractivity contribution is 6.01. The Morgan fingerprint density at radius 3 is 2.37 bits per heavy atom. The number of morpholine rings is 1. The average molecular weight is 639 g/mol. The molecule has 0 unspecified atom stereocenters. The van der Waals surface area contributed by atoms with Gasteiger partial charge >= 0.3 is 12.1 Å². The van der Waals surface area contributed by atoms with Crippen molar-refractivity contribution in [1.29, 1.82) is 0 Å². The van der Waals surface area contributed by atoms with Crippen LogP contribution < -0.4 is 4.90 Å². The van der Waals surface area contributed by atoms with Gasteiger partial charge in [0.2, 0.25) is 5.91 Å². The molecule has 10 nitrogen and oxygen atoms in total. The lowest BCUT2D eigenvalue weighted by Gasteiger charge is -2.47. The molecular weight excluding hydrogens is 591 g/mol. The van der Waals surface area contributed by atoms with Crippen molar-refractivity contribution in [3.8, 4) is 0 Å². The quantitative estimate of drug-likeness (QED) is 0.483. The van der Waals surface area contributed by atoms with E-state index in [1.165, 1.54) is 12.1 Å². The van der Waals surface area contributed by atoms with Gasteiger partial charge in [0.25, 0.3) is 0 Å². The standard InChI is InChI=1S/C35H47FN4O6/c1-23-17-38(28(18-37-13-14-45-21-24(37)2)19-39(23)33(44)46-34(3,4)5)20-31(41)40-22-35(6,32(42)43)29-12-9-26(16-30(29)40)15-25-7-10-27(36)11-8-25/h7-12,16,23-24,28H,13-15,17-22H2,1-6H3,(H,42,43)/t23-,24-,28+,35-/m1/s1. The fourth-order valence-corrected chi connectivity index (χ4v) is 6.72. The lowest BCUT2D eigenvalue weighted by Crippen LogP contribution is -2.64. The van der Waals surface area contributed by atoms with Gasteiger partial charge in [0, 0.05) is 56.5 Å². The van der Waals surface area contributed by atoms with Crippen molar-refractivity contribution in [3.63, 3.8) is 0 Å². The molecular formula is C35H47FN4O6. The van der Waals surface area contributed by atoms with E-state index in [0.717, 1.165) is 17.7 Å². The van der Waals surface area contributed by atoms with E-state index in [9.17, 15) is 23.9 Å². The number of nitrogens with zero attached hydrogens (tertiary/aromatic N) is 4. The van der Waals surface area contributed by atoms with Gasteiger partial charge < -0.3 is 24.4 Å². The number of hydrogen-bond acceptors (Lipinski definition) is 7. The van der Waals surface area contributed by atoms with E-state index in [1.54, 1.807) is 34.9 Å². The van der Waals surface area contributed by atoms with Crippen LogP contribution in [0.25, 0.3) is 0 Å². The summed E-state index contributed by atoms with van der Waals surface area (Å²) < 4.78 is 24.9. The van der Waals surface area contributed by atoms with Crippen molar-refractivity contribution in [1.82, 2.24) is 14.7 Å². The highest BCUT2D eigenvalue weighted by atomic mass is 19.1. The third-order valence-electron chi connectivity index (χ3n) is 9.39. The number of ether oxygens (including phenoxy) is 2. The molecule has 0 aromatic heterocycles. The van der Waals surface area contributed by atoms with Crippen molar-refractivity contribution in [3.05, 3.63) is 65.0 Å². The largest absolute Gasteiger partial charge is 0.481 e. The summed E-state index contributed by atoms with van der Waals surface area (Å²) in [6.45, 7) is 14.9. The van der Waals surface area contributed by atoms with Gasteiger partial charge in [0.05, 0.1) is 19.8 Å². The Morgan fingerprint density at radius 2 is 1.72 bits per heavy atom. The highest BCUT2D eigenvalue weighted by Crippen LogP contribution is 2.42. The number of aliphatic carboxylic acids is 1. The Kier molecular flexibility index (Phi) is 9.77. The minimum Gasteiger partial charge on any atom is -0.481 e. The maximum atomic E-state index is 14.2. The minimum atomic E-state index is -1.26. The van der Waals surface area contributed by atoms with Crippen LogP contribution in [-0.4, -0.2) is 114 Å². The van der Waals surface area contributed by atoms with Crippen LogP contribution in [0.3, 0.4) is 0 Å². The molecule has 11 heteroatoms. The number of fused-ring (bicyclic) bond motifs is 1. The second-order valence-electron chi connectivity index (χ2n) is 14.3. The molecule has 2 saturated heterocycles. The van der Waals surface area contributed by atoms with E-state index in [4.69, 9.17) is 9.47 Å². The second kappa shape index (κ2) is 13.3. The number of hydrogen-bond donors (Lipinski definition) is 1. The lowest BCUT2D eigenvalue weighted by molar-refractivity contribution is -0.142. The first-order valence-corrected chi connectivity index (χ1v) is 16.1. The van der Waals surface area contributed by atoms with E-state index >= 15 is 0 Å². The summed E-state index contributed by atoms with van der Waals surface area (Å²) >= 11 is 0. The zero-order valence-electron chi connectivity index (χ0n) is 27.8. The molecule has 2 aromatic carbocycles. The number of benzene rings is 2. The van der Waals surface area contributed by atoms with Gasteiger partial charge in [0.1, 0.15) is 16.8 Å². The van der Waals surface area contributed by atoms with Gasteiger partial charge in [-0.1, -0.05) is 24.3 Å². The average Bonchev–Trinajstić information content (AvgIpc) is 3.29. The van der Waals surface area contributed by atoms with Crippen LogP contribution in [0, 0.1) is 5.82 Å². The molecule has 0 spiro atoms. The summed E-state index contributed by atoms with van der Waals surface area (Å²) in [7, 11) is 0. The molecule has 250 valence electrons. The molecule has 2 amide bonds. The lowest BCUT2D eigenvalue weighted by atomic mass is 9.84. The Hall–Kier alpha value is -3.54. The van der Waals surface area contributed by atoms with Crippen molar-refractivity contribution in [2.75, 3.05) is 57.4 Å². The number of piperazine rings is 1. The number of carbonyl (C=O) groups excluding carboxylic acids is 2. The molecule has 2 fully saturated rings. The van der Waals surface area contributed by atoms with Crippen LogP contribution in [0.15, 0.2) is 42.5 Å². The molecule has 3 aliphatic rings. The summed E-state index contributed by atoms with van der Waals surface area (Å²) in [6.07, 6.45) is 0.147. The topological polar surface area (TPSA) is 103 Å². The second-order valence-corrected chi connectivity index (χ2v) is 14.3. The van der Waals surface area contributed by atoms with Gasteiger partial charge in [-0.05, 0) is 82.9 Å². The zero-order chi connectivity index (χ0) is 33.4. The van der Waals surface area contributed by atoms with E-state index in [0.29, 0.717) is 50.5 Å². The van der Waals surface area contributed by atoms with E-state index in [-0.39, 0.29) is 49.0 Å². The summed E-state index contributed by atoms with van der Waals surface area (Å²) in [4.78, 5) is 47.8. The number of carboxylic acids is 1. The first kappa shape index (κ1) is 33.8. The molecule has 1 N–H and O–H groups in total. The Labute approximate surface area is 271 Å². The first-order valence-electron chi connectivity index (χ1n) is 16.1. The Bertz CT molecular complexity index is 1450. The monoisotopic (exact) mass is 638 g/mol. The van der Waals surface area contributed by atoms with Crippen LogP contribution >= 0.6 is 0 Å². The first-order chi connectivity index (χ1) is 21.6. The molecule has 0 bridgehead atoms. The van der Waals surface area contributed by atoms with Crippen LogP contribution in [-0.2, 0) is 30.9 Å². The van der Waals surface area contributed by atoms with E-state index < -0.39 is 17.0 Å². The fraction of sp³-hybridized carbons (Fsp3) is 0.571. The summed E-state index contributed by atoms with van der Waals surface area (Å²) in [5.41, 5.74) is 1.11. The number of carboxylic acid groups (broad SMARTS) is 1. The van der Waals surface area contributed by atoms with E-state index in [2.05, 4.69) is 16.7 Å². The number of rotatable bonds is 7. The van der Waals surface area contributed by atoms with Gasteiger partial charge in [-0.15, -0.1) is 0 Å². The molecule has 0 radical (unpaired) electrons. The Morgan fingerprint density at radius 1 is 1.02 bits per heavy atom. The third kappa shape index (κ3) is 7.37. The van der Waals surface area contributed by atoms with Gasteiger partial charge in [0.15, 0.2) is 0 Å². The predicted molar refractivity (Wildman–Crippen MR) is 173 cm³/mol. The molecule has 4 atom stereocenters. The van der Waals surface area contributed by atoms with Crippen molar-refractivity contribution in [2.24, 2.45) is 0 Å². The molecule has 2 aromatic rings. The molecule has 3 heterocycles. The minimum absolute atomic E-state index is 0.0229. The SMILES string of the molecule is C[C@@H]1COCCN1C[C@H]1CN(C(=O)OC(C)(C)C)[C@H](C)CN1CC(=O)N1C[C@@](C)(C(=O)O)c2ccc(Cc3ccc(F)cc3)cc21. The Balaban J connectivity index is 1.40. The molecule has 0 aliphatic carbocycles. The number of amides is 2. The van der Waals surface area contributed by atoms with Crippen LogP contribution in [0.2, 0.25) is 0 Å². The number of anilines is 1. The van der Waals surface area contributed by atoms with Gasteiger partial charge in [-0.2, -0.15) is 0 Å². The van der Waals surface area contributed by atoms with Crippen molar-refractivity contribution in [2.45, 2.75) is 77.1 Å².